The molecular weight excluding hydrogens is 238 g/mol. The molecule has 0 saturated carbocycles. The van der Waals surface area contributed by atoms with Crippen LogP contribution in [0.25, 0.3) is 0 Å². The molecule has 0 spiro atoms. The van der Waals surface area contributed by atoms with E-state index in [1.807, 2.05) is 14.0 Å². The van der Waals surface area contributed by atoms with E-state index in [1.165, 1.54) is 0 Å². The lowest BCUT2D eigenvalue weighted by atomic mass is 10.2. The number of nitrogens with one attached hydrogen (secondary N) is 1. The molecule has 0 aromatic carbocycles. The van der Waals surface area contributed by atoms with Gasteiger partial charge in [-0.05, 0) is 14.0 Å². The summed E-state index contributed by atoms with van der Waals surface area (Å²) in [6.45, 7) is 4.35. The minimum absolute atomic E-state index is 0.0182. The zero-order valence-electron chi connectivity index (χ0n) is 10.8. The van der Waals surface area contributed by atoms with Crippen molar-refractivity contribution in [3.63, 3.8) is 0 Å². The highest BCUT2D eigenvalue weighted by atomic mass is 16.4. The number of rotatable bonds is 4. The molecule has 0 bridgehead atoms. The van der Waals surface area contributed by atoms with E-state index in [2.05, 4.69) is 10.2 Å². The SMILES string of the molecule is CC1CN(C(=O)NCC[C@H](O)C(=O)O)CCN1C. The number of hydrogen-bond donors (Lipinski definition) is 3. The lowest BCUT2D eigenvalue weighted by Gasteiger charge is -2.37. The van der Waals surface area contributed by atoms with Gasteiger partial charge in [0, 0.05) is 38.6 Å². The standard InChI is InChI=1S/C11H21N3O4/c1-8-7-14(6-5-13(8)2)11(18)12-4-3-9(15)10(16)17/h8-9,15H,3-7H2,1-2H3,(H,12,18)(H,16,17)/t8?,9-/m0/s1. The van der Waals surface area contributed by atoms with Crippen LogP contribution in [0.4, 0.5) is 4.79 Å². The van der Waals surface area contributed by atoms with Gasteiger partial charge in [-0.1, -0.05) is 0 Å². The van der Waals surface area contributed by atoms with Crippen LogP contribution in [-0.4, -0.2) is 77.4 Å². The van der Waals surface area contributed by atoms with Crippen molar-refractivity contribution in [2.24, 2.45) is 0 Å². The number of aliphatic carboxylic acids is 1. The Labute approximate surface area is 106 Å². The fourth-order valence-corrected chi connectivity index (χ4v) is 1.78. The minimum Gasteiger partial charge on any atom is -0.479 e. The molecule has 1 saturated heterocycles. The van der Waals surface area contributed by atoms with Crippen LogP contribution in [-0.2, 0) is 4.79 Å². The molecule has 3 N–H and O–H groups in total. The summed E-state index contributed by atoms with van der Waals surface area (Å²) in [5.41, 5.74) is 0. The molecule has 2 atom stereocenters. The summed E-state index contributed by atoms with van der Waals surface area (Å²) in [7, 11) is 2.02. The Morgan fingerprint density at radius 1 is 1.44 bits per heavy atom. The van der Waals surface area contributed by atoms with E-state index < -0.39 is 12.1 Å². The number of nitrogens with zero attached hydrogens (tertiary/aromatic N) is 2. The molecule has 7 heteroatoms. The van der Waals surface area contributed by atoms with Crippen molar-refractivity contribution in [3.05, 3.63) is 0 Å². The van der Waals surface area contributed by atoms with Crippen LogP contribution in [0.2, 0.25) is 0 Å². The molecule has 1 aliphatic rings. The van der Waals surface area contributed by atoms with Gasteiger partial charge in [-0.2, -0.15) is 0 Å². The van der Waals surface area contributed by atoms with Crippen LogP contribution in [0.1, 0.15) is 13.3 Å². The van der Waals surface area contributed by atoms with E-state index in [9.17, 15) is 9.59 Å². The third-order valence-corrected chi connectivity index (χ3v) is 3.23. The van der Waals surface area contributed by atoms with Crippen molar-refractivity contribution in [2.75, 3.05) is 33.2 Å². The predicted octanol–water partition coefficient (Wildman–Crippen LogP) is -0.832. The summed E-state index contributed by atoms with van der Waals surface area (Å²) in [5.74, 6) is -1.27. The van der Waals surface area contributed by atoms with Gasteiger partial charge >= 0.3 is 12.0 Å². The second-order valence-electron chi connectivity index (χ2n) is 4.65. The number of aliphatic hydroxyl groups is 1. The number of carboxylic acids is 1. The number of likely N-dealkylation sites (N-methyl/N-ethyl adjacent to an activating group) is 1. The average molecular weight is 259 g/mol. The second-order valence-corrected chi connectivity index (χ2v) is 4.65. The fourth-order valence-electron chi connectivity index (χ4n) is 1.78. The molecule has 104 valence electrons. The summed E-state index contributed by atoms with van der Waals surface area (Å²) in [6, 6.07) is 0.113. The third kappa shape index (κ3) is 4.15. The number of aliphatic hydroxyl groups excluding tert-OH is 1. The highest BCUT2D eigenvalue weighted by molar-refractivity contribution is 5.75. The molecule has 7 nitrogen and oxygen atoms in total. The zero-order valence-corrected chi connectivity index (χ0v) is 10.8. The number of carboxylic acid groups (broad SMARTS) is 1. The van der Waals surface area contributed by atoms with Crippen LogP contribution in [0, 0.1) is 0 Å². The van der Waals surface area contributed by atoms with Crippen molar-refractivity contribution >= 4 is 12.0 Å². The van der Waals surface area contributed by atoms with E-state index in [0.29, 0.717) is 19.1 Å². The molecule has 0 aromatic rings. The summed E-state index contributed by atoms with van der Waals surface area (Å²) in [6.07, 6.45) is -1.40. The molecule has 1 fully saturated rings. The number of carbonyl (C=O) groups is 2. The van der Waals surface area contributed by atoms with Crippen molar-refractivity contribution in [1.82, 2.24) is 15.1 Å². The largest absolute Gasteiger partial charge is 0.479 e. The lowest BCUT2D eigenvalue weighted by molar-refractivity contribution is -0.146. The molecular formula is C11H21N3O4. The average Bonchev–Trinajstić information content (AvgIpc) is 2.32. The molecule has 1 unspecified atom stereocenters. The molecule has 0 radical (unpaired) electrons. The van der Waals surface area contributed by atoms with E-state index in [-0.39, 0.29) is 19.0 Å². The van der Waals surface area contributed by atoms with Crippen molar-refractivity contribution in [2.45, 2.75) is 25.5 Å². The van der Waals surface area contributed by atoms with Crippen LogP contribution < -0.4 is 5.32 Å². The molecule has 1 rings (SSSR count). The second kappa shape index (κ2) is 6.55. The van der Waals surface area contributed by atoms with Crippen LogP contribution >= 0.6 is 0 Å². The normalized spacial score (nSPS) is 22.6. The Morgan fingerprint density at radius 3 is 2.67 bits per heavy atom. The third-order valence-electron chi connectivity index (χ3n) is 3.23. The predicted molar refractivity (Wildman–Crippen MR) is 65.3 cm³/mol. The topological polar surface area (TPSA) is 93.1 Å². The summed E-state index contributed by atoms with van der Waals surface area (Å²) in [4.78, 5) is 26.0. The van der Waals surface area contributed by atoms with Crippen molar-refractivity contribution in [3.8, 4) is 0 Å². The number of piperazine rings is 1. The van der Waals surface area contributed by atoms with Gasteiger partial charge in [-0.3, -0.25) is 0 Å². The van der Waals surface area contributed by atoms with Crippen molar-refractivity contribution in [1.29, 1.82) is 0 Å². The van der Waals surface area contributed by atoms with E-state index in [4.69, 9.17) is 10.2 Å². The summed E-state index contributed by atoms with van der Waals surface area (Å²) < 4.78 is 0. The maximum atomic E-state index is 11.8. The van der Waals surface area contributed by atoms with Gasteiger partial charge in [0.2, 0.25) is 0 Å². The first-order valence-corrected chi connectivity index (χ1v) is 6.05. The van der Waals surface area contributed by atoms with Gasteiger partial charge in [-0.15, -0.1) is 0 Å². The lowest BCUT2D eigenvalue weighted by Crippen LogP contribution is -2.54. The zero-order chi connectivity index (χ0) is 13.7. The van der Waals surface area contributed by atoms with Gasteiger partial charge in [0.05, 0.1) is 0 Å². The first-order valence-electron chi connectivity index (χ1n) is 6.05. The van der Waals surface area contributed by atoms with Gasteiger partial charge in [-0.25, -0.2) is 9.59 Å². The maximum Gasteiger partial charge on any atom is 0.332 e. The molecule has 2 amide bonds. The highest BCUT2D eigenvalue weighted by Crippen LogP contribution is 2.06. The molecule has 0 aliphatic carbocycles. The first kappa shape index (κ1) is 14.7. The highest BCUT2D eigenvalue weighted by Gasteiger charge is 2.24. The number of urea groups is 1. The van der Waals surface area contributed by atoms with Crippen molar-refractivity contribution < 1.29 is 19.8 Å². The Kier molecular flexibility index (Phi) is 5.36. The van der Waals surface area contributed by atoms with Crippen LogP contribution in [0.15, 0.2) is 0 Å². The van der Waals surface area contributed by atoms with Gasteiger partial charge in [0.15, 0.2) is 6.10 Å². The molecule has 18 heavy (non-hydrogen) atoms. The van der Waals surface area contributed by atoms with Crippen LogP contribution in [0.5, 0.6) is 0 Å². The van der Waals surface area contributed by atoms with Gasteiger partial charge < -0.3 is 25.3 Å². The number of hydrogen-bond acceptors (Lipinski definition) is 4. The van der Waals surface area contributed by atoms with E-state index >= 15 is 0 Å². The quantitative estimate of drug-likeness (QED) is 0.612. The van der Waals surface area contributed by atoms with Gasteiger partial charge in [0.1, 0.15) is 0 Å². The fraction of sp³-hybridized carbons (Fsp3) is 0.818. The summed E-state index contributed by atoms with van der Waals surface area (Å²) in [5, 5.41) is 20.2. The smallest absolute Gasteiger partial charge is 0.332 e. The Morgan fingerprint density at radius 2 is 2.11 bits per heavy atom. The molecule has 1 aliphatic heterocycles. The Hall–Kier alpha value is -1.34. The molecule has 1 heterocycles. The summed E-state index contributed by atoms with van der Waals surface area (Å²) >= 11 is 0. The van der Waals surface area contributed by atoms with Crippen LogP contribution in [0.3, 0.4) is 0 Å². The number of amides is 2. The Balaban J connectivity index is 2.27. The Bertz CT molecular complexity index is 311. The molecule has 0 aromatic heterocycles. The maximum absolute atomic E-state index is 11.8. The first-order chi connectivity index (χ1) is 8.41. The van der Waals surface area contributed by atoms with Gasteiger partial charge in [0.25, 0.3) is 0 Å². The van der Waals surface area contributed by atoms with E-state index in [1.54, 1.807) is 4.90 Å². The minimum atomic E-state index is -1.42. The van der Waals surface area contributed by atoms with E-state index in [0.717, 1.165) is 6.54 Å². The number of carbonyl (C=O) groups excluding carboxylic acids is 1. The monoisotopic (exact) mass is 259 g/mol.